The van der Waals surface area contributed by atoms with Gasteiger partial charge in [0, 0.05) is 6.54 Å². The second-order valence-electron chi connectivity index (χ2n) is 6.73. The van der Waals surface area contributed by atoms with Crippen LogP contribution in [0.2, 0.25) is 0 Å². The molecule has 0 aliphatic carbocycles. The Balaban J connectivity index is 2.64. The van der Waals surface area contributed by atoms with Crippen LogP contribution in [-0.2, 0) is 9.53 Å². The normalized spacial score (nSPS) is 23.6. The molecule has 2 unspecified atom stereocenters. The highest BCUT2D eigenvalue weighted by Gasteiger charge is 2.40. The van der Waals surface area contributed by atoms with E-state index in [1.165, 1.54) is 51.4 Å². The van der Waals surface area contributed by atoms with Gasteiger partial charge in [0.05, 0.1) is 12.5 Å². The van der Waals surface area contributed by atoms with Gasteiger partial charge in [0.15, 0.2) is 7.98 Å². The molecule has 2 radical (unpaired) electrons. The molecule has 1 aliphatic heterocycles. The van der Waals surface area contributed by atoms with Crippen LogP contribution in [0.5, 0.6) is 0 Å². The summed E-state index contributed by atoms with van der Waals surface area (Å²) in [7, 11) is 6.02. The number of carbonyl (C=O) groups excluding carboxylic acids is 1. The Bertz CT molecular complexity index is 311. The molecule has 0 aromatic carbocycles. The van der Waals surface area contributed by atoms with Crippen LogP contribution in [0.15, 0.2) is 0 Å². The number of unbranched alkanes of at least 4 members (excludes halogenated alkanes) is 4. The molecule has 0 saturated carbocycles. The topological polar surface area (TPSA) is 29.5 Å². The summed E-state index contributed by atoms with van der Waals surface area (Å²) in [6.45, 7) is 8.31. The van der Waals surface area contributed by atoms with Crippen molar-refractivity contribution in [1.82, 2.24) is 4.81 Å². The highest BCUT2D eigenvalue weighted by molar-refractivity contribution is 6.04. The molecule has 1 saturated heterocycles. The minimum absolute atomic E-state index is 0.0296. The Morgan fingerprint density at radius 2 is 1.77 bits per heavy atom. The predicted molar refractivity (Wildman–Crippen MR) is 92.7 cm³/mol. The zero-order valence-electron chi connectivity index (χ0n) is 14.9. The monoisotopic (exact) mass is 307 g/mol. The molecule has 0 N–H and O–H groups in total. The van der Waals surface area contributed by atoms with E-state index in [9.17, 15) is 4.79 Å². The first-order valence-corrected chi connectivity index (χ1v) is 9.30. The molecular formula is C18H34BNO2. The number of hydrogen-bond acceptors (Lipinski definition) is 3. The van der Waals surface area contributed by atoms with Crippen molar-refractivity contribution in [2.75, 3.05) is 19.7 Å². The molecule has 22 heavy (non-hydrogen) atoms. The summed E-state index contributed by atoms with van der Waals surface area (Å²) in [6, 6.07) is 0. The Hall–Kier alpha value is -0.505. The van der Waals surface area contributed by atoms with Gasteiger partial charge >= 0.3 is 5.97 Å². The van der Waals surface area contributed by atoms with E-state index in [1.807, 2.05) is 11.7 Å². The van der Waals surface area contributed by atoms with Crippen molar-refractivity contribution in [3.8, 4) is 0 Å². The molecule has 0 aromatic rings. The van der Waals surface area contributed by atoms with E-state index in [1.54, 1.807) is 0 Å². The van der Waals surface area contributed by atoms with Crippen molar-refractivity contribution in [1.29, 1.82) is 0 Å². The second-order valence-corrected chi connectivity index (χ2v) is 6.73. The first-order valence-electron chi connectivity index (χ1n) is 9.30. The summed E-state index contributed by atoms with van der Waals surface area (Å²) in [5.74, 6) is 0.908. The highest BCUT2D eigenvalue weighted by atomic mass is 16.5. The smallest absolute Gasteiger partial charge is 0.310 e. The Labute approximate surface area is 138 Å². The van der Waals surface area contributed by atoms with Gasteiger partial charge in [-0.2, -0.15) is 0 Å². The summed E-state index contributed by atoms with van der Waals surface area (Å²) < 4.78 is 5.28. The van der Waals surface area contributed by atoms with E-state index in [0.717, 1.165) is 6.54 Å². The van der Waals surface area contributed by atoms with Gasteiger partial charge in [-0.25, -0.2) is 0 Å². The van der Waals surface area contributed by atoms with E-state index < -0.39 is 0 Å². The fourth-order valence-corrected chi connectivity index (χ4v) is 3.71. The predicted octanol–water partition coefficient (Wildman–Crippen LogP) is 3.96. The Morgan fingerprint density at radius 1 is 1.09 bits per heavy atom. The Morgan fingerprint density at radius 3 is 2.41 bits per heavy atom. The number of esters is 1. The van der Waals surface area contributed by atoms with Crippen LogP contribution in [-0.4, -0.2) is 38.5 Å². The highest BCUT2D eigenvalue weighted by Crippen LogP contribution is 2.35. The summed E-state index contributed by atoms with van der Waals surface area (Å²) in [5.41, 5.74) is 0. The number of hydrogen-bond donors (Lipinski definition) is 0. The van der Waals surface area contributed by atoms with Crippen LogP contribution in [0.25, 0.3) is 0 Å². The molecule has 1 aliphatic rings. The van der Waals surface area contributed by atoms with Gasteiger partial charge < -0.3 is 9.55 Å². The van der Waals surface area contributed by atoms with Crippen molar-refractivity contribution in [3.63, 3.8) is 0 Å². The van der Waals surface area contributed by atoms with Gasteiger partial charge in [-0.15, -0.1) is 0 Å². The van der Waals surface area contributed by atoms with Crippen molar-refractivity contribution >= 4 is 14.0 Å². The summed E-state index contributed by atoms with van der Waals surface area (Å²) in [5, 5.41) is 0. The first-order chi connectivity index (χ1) is 10.6. The molecule has 0 amide bonds. The first kappa shape index (κ1) is 19.5. The van der Waals surface area contributed by atoms with Crippen LogP contribution in [0.1, 0.15) is 72.1 Å². The van der Waals surface area contributed by atoms with Crippen LogP contribution in [0.3, 0.4) is 0 Å². The lowest BCUT2D eigenvalue weighted by Gasteiger charge is -2.27. The third-order valence-electron chi connectivity index (χ3n) is 4.95. The van der Waals surface area contributed by atoms with Gasteiger partial charge in [0.25, 0.3) is 0 Å². The molecule has 1 rings (SSSR count). The average Bonchev–Trinajstić information content (AvgIpc) is 2.89. The summed E-state index contributed by atoms with van der Waals surface area (Å²) >= 11 is 0. The molecular weight excluding hydrogens is 273 g/mol. The van der Waals surface area contributed by atoms with Crippen molar-refractivity contribution < 1.29 is 9.53 Å². The fourth-order valence-electron chi connectivity index (χ4n) is 3.71. The molecule has 1 fully saturated rings. The lowest BCUT2D eigenvalue weighted by molar-refractivity contribution is -0.149. The van der Waals surface area contributed by atoms with Crippen molar-refractivity contribution in [3.05, 3.63) is 0 Å². The average molecular weight is 307 g/mol. The summed E-state index contributed by atoms with van der Waals surface area (Å²) in [6.07, 6.45) is 10.1. The number of nitrogens with zero attached hydrogens (tertiary/aromatic N) is 1. The van der Waals surface area contributed by atoms with E-state index in [2.05, 4.69) is 13.8 Å². The third kappa shape index (κ3) is 6.32. The number of ether oxygens (including phenoxy) is 1. The SMILES string of the molecule is [B]N1CC(C(CCCC)CCCCCC)[C@@H](C(=O)OCC)C1. The zero-order valence-corrected chi connectivity index (χ0v) is 14.9. The van der Waals surface area contributed by atoms with Crippen LogP contribution in [0, 0.1) is 17.8 Å². The van der Waals surface area contributed by atoms with Gasteiger partial charge in [-0.3, -0.25) is 4.79 Å². The minimum atomic E-state index is -0.0458. The van der Waals surface area contributed by atoms with Crippen LogP contribution < -0.4 is 0 Å². The van der Waals surface area contributed by atoms with E-state index in [-0.39, 0.29) is 11.9 Å². The number of rotatable bonds is 11. The maximum absolute atomic E-state index is 12.3. The minimum Gasteiger partial charge on any atom is -0.466 e. The molecule has 0 aromatic heterocycles. The lowest BCUT2D eigenvalue weighted by atomic mass is 9.78. The fraction of sp³-hybridized carbons (Fsp3) is 0.944. The lowest BCUT2D eigenvalue weighted by Crippen LogP contribution is -2.30. The maximum Gasteiger partial charge on any atom is 0.310 e. The zero-order chi connectivity index (χ0) is 16.4. The number of carbonyl (C=O) groups is 1. The van der Waals surface area contributed by atoms with Gasteiger partial charge in [-0.1, -0.05) is 65.2 Å². The third-order valence-corrected chi connectivity index (χ3v) is 4.95. The van der Waals surface area contributed by atoms with E-state index >= 15 is 0 Å². The van der Waals surface area contributed by atoms with Crippen LogP contribution in [0.4, 0.5) is 0 Å². The second kappa shape index (κ2) is 11.1. The van der Waals surface area contributed by atoms with Crippen molar-refractivity contribution in [2.45, 2.75) is 72.1 Å². The largest absolute Gasteiger partial charge is 0.466 e. The molecule has 0 bridgehead atoms. The van der Waals surface area contributed by atoms with E-state index in [4.69, 9.17) is 12.7 Å². The van der Waals surface area contributed by atoms with Gasteiger partial charge in [0.2, 0.25) is 0 Å². The maximum atomic E-state index is 12.3. The molecule has 3 nitrogen and oxygen atoms in total. The molecule has 3 atom stereocenters. The molecule has 4 heteroatoms. The van der Waals surface area contributed by atoms with Crippen molar-refractivity contribution in [2.24, 2.45) is 17.8 Å². The standard InChI is InChI=1S/C18H34BNO2/c1-4-7-9-10-12-15(11-8-5-2)16-13-20(19)14-17(16)18(21)22-6-3/h15-17H,4-14H2,1-3H3/t15?,16?,17-/m0/s1. The quantitative estimate of drug-likeness (QED) is 0.329. The summed E-state index contributed by atoms with van der Waals surface area (Å²) in [4.78, 5) is 14.1. The van der Waals surface area contributed by atoms with Gasteiger partial charge in [0.1, 0.15) is 0 Å². The Kier molecular flexibility index (Phi) is 9.86. The molecule has 1 heterocycles. The molecule has 126 valence electrons. The molecule has 0 spiro atoms. The van der Waals surface area contributed by atoms with E-state index in [0.29, 0.717) is 25.0 Å². The van der Waals surface area contributed by atoms with Crippen LogP contribution >= 0.6 is 0 Å². The van der Waals surface area contributed by atoms with Gasteiger partial charge in [-0.05, 0) is 25.3 Å².